The summed E-state index contributed by atoms with van der Waals surface area (Å²) in [5.41, 5.74) is 3.06. The zero-order chi connectivity index (χ0) is 26.6. The van der Waals surface area contributed by atoms with E-state index in [1.165, 1.54) is 0 Å². The van der Waals surface area contributed by atoms with Gasteiger partial charge in [-0.05, 0) is 93.3 Å². The number of aryl methyl sites for hydroxylation is 2. The summed E-state index contributed by atoms with van der Waals surface area (Å²) in [7, 11) is 0. The van der Waals surface area contributed by atoms with Crippen LogP contribution in [-0.2, 0) is 17.6 Å². The Labute approximate surface area is 227 Å². The van der Waals surface area contributed by atoms with E-state index >= 15 is 0 Å². The summed E-state index contributed by atoms with van der Waals surface area (Å²) in [6.07, 6.45) is 5.89. The van der Waals surface area contributed by atoms with Crippen molar-refractivity contribution in [3.05, 3.63) is 74.1 Å². The van der Waals surface area contributed by atoms with Crippen LogP contribution in [0, 0.1) is 12.8 Å². The molecule has 1 aliphatic heterocycles. The van der Waals surface area contributed by atoms with Crippen LogP contribution in [-0.4, -0.2) is 34.2 Å². The maximum atomic E-state index is 14.1. The van der Waals surface area contributed by atoms with Gasteiger partial charge in [-0.25, -0.2) is 4.79 Å². The van der Waals surface area contributed by atoms with Gasteiger partial charge >= 0.3 is 5.63 Å². The molecule has 1 amide bonds. The summed E-state index contributed by atoms with van der Waals surface area (Å²) >= 11 is 6.19. The van der Waals surface area contributed by atoms with Crippen molar-refractivity contribution >= 4 is 28.5 Å². The largest absolute Gasteiger partial charge is 0.480 e. The maximum absolute atomic E-state index is 14.1. The number of aliphatic hydroxyl groups is 1. The van der Waals surface area contributed by atoms with Crippen molar-refractivity contribution in [1.29, 1.82) is 0 Å². The molecule has 2 aromatic carbocycles. The van der Waals surface area contributed by atoms with Crippen LogP contribution in [0.2, 0.25) is 5.02 Å². The van der Waals surface area contributed by atoms with E-state index in [4.69, 9.17) is 20.8 Å². The third kappa shape index (κ3) is 4.32. The van der Waals surface area contributed by atoms with Gasteiger partial charge < -0.3 is 19.2 Å². The van der Waals surface area contributed by atoms with Crippen LogP contribution in [0.3, 0.4) is 0 Å². The molecule has 6 nitrogen and oxygen atoms in total. The number of nitrogens with zero attached hydrogens (tertiary/aromatic N) is 1. The van der Waals surface area contributed by atoms with Crippen molar-refractivity contribution in [3.8, 4) is 5.75 Å². The highest BCUT2D eigenvalue weighted by Crippen LogP contribution is 2.49. The zero-order valence-electron chi connectivity index (χ0n) is 22.0. The fourth-order valence-electron chi connectivity index (χ4n) is 7.07. The zero-order valence-corrected chi connectivity index (χ0v) is 22.7. The normalized spacial score (nSPS) is 25.6. The summed E-state index contributed by atoms with van der Waals surface area (Å²) in [5, 5.41) is 13.0. The Bertz CT molecular complexity index is 1450. The Morgan fingerprint density at radius 3 is 2.68 bits per heavy atom. The fraction of sp³-hybridized carbons (Fsp3) is 0.484. The molecule has 0 radical (unpaired) electrons. The number of amides is 1. The first kappa shape index (κ1) is 25.4. The van der Waals surface area contributed by atoms with Gasteiger partial charge in [0.1, 0.15) is 11.3 Å². The van der Waals surface area contributed by atoms with Crippen molar-refractivity contribution in [3.63, 3.8) is 0 Å². The minimum atomic E-state index is -0.770. The molecule has 7 heteroatoms. The summed E-state index contributed by atoms with van der Waals surface area (Å²) in [5.74, 6) is 0.429. The number of carbonyl (C=O) groups is 1. The van der Waals surface area contributed by atoms with Gasteiger partial charge in [0.05, 0.1) is 17.0 Å². The second kappa shape index (κ2) is 9.73. The molecule has 38 heavy (non-hydrogen) atoms. The Hall–Kier alpha value is -2.83. The van der Waals surface area contributed by atoms with E-state index in [0.717, 1.165) is 66.2 Å². The predicted molar refractivity (Wildman–Crippen MR) is 147 cm³/mol. The van der Waals surface area contributed by atoms with E-state index in [1.54, 1.807) is 6.92 Å². The predicted octanol–water partition coefficient (Wildman–Crippen LogP) is 5.91. The summed E-state index contributed by atoms with van der Waals surface area (Å²) in [4.78, 5) is 28.5. The molecule has 2 fully saturated rings. The first-order chi connectivity index (χ1) is 18.2. The average Bonchev–Trinajstić information content (AvgIpc) is 3.38. The van der Waals surface area contributed by atoms with Crippen molar-refractivity contribution in [1.82, 2.24) is 4.90 Å². The highest BCUT2D eigenvalue weighted by atomic mass is 35.5. The first-order valence-electron chi connectivity index (χ1n) is 13.8. The van der Waals surface area contributed by atoms with E-state index in [2.05, 4.69) is 0 Å². The van der Waals surface area contributed by atoms with Crippen LogP contribution >= 0.6 is 11.6 Å². The van der Waals surface area contributed by atoms with Gasteiger partial charge in [-0.1, -0.05) is 36.6 Å². The van der Waals surface area contributed by atoms with Gasteiger partial charge in [-0.2, -0.15) is 0 Å². The smallest absolute Gasteiger partial charge is 0.339 e. The van der Waals surface area contributed by atoms with Crippen LogP contribution < -0.4 is 10.4 Å². The number of piperidine rings is 1. The second-order valence-corrected chi connectivity index (χ2v) is 11.8. The molecule has 3 aliphatic rings. The number of benzene rings is 2. The Balaban J connectivity index is 1.35. The molecular formula is C31H34ClNO5. The average molecular weight is 536 g/mol. The number of likely N-dealkylation sites (tertiary alicyclic amines) is 1. The van der Waals surface area contributed by atoms with Gasteiger partial charge in [0.15, 0.2) is 6.10 Å². The molecule has 1 saturated heterocycles. The maximum Gasteiger partial charge on any atom is 0.339 e. The third-order valence-corrected chi connectivity index (χ3v) is 9.14. The Morgan fingerprint density at radius 2 is 1.89 bits per heavy atom. The lowest BCUT2D eigenvalue weighted by Gasteiger charge is -2.53. The Morgan fingerprint density at radius 1 is 1.13 bits per heavy atom. The van der Waals surface area contributed by atoms with Crippen molar-refractivity contribution in [2.75, 3.05) is 6.54 Å². The van der Waals surface area contributed by atoms with E-state index < -0.39 is 11.7 Å². The molecule has 2 heterocycles. The first-order valence-corrected chi connectivity index (χ1v) is 14.2. The Kier molecular flexibility index (Phi) is 6.51. The minimum absolute atomic E-state index is 0.0420. The number of carbonyl (C=O) groups excluding carboxylic acids is 1. The number of fused-ring (bicyclic) bond motifs is 4. The fourth-order valence-corrected chi connectivity index (χ4v) is 7.20. The van der Waals surface area contributed by atoms with E-state index in [0.29, 0.717) is 35.7 Å². The number of ether oxygens (including phenoxy) is 1. The second-order valence-electron chi connectivity index (χ2n) is 11.3. The molecule has 6 rings (SSSR count). The van der Waals surface area contributed by atoms with Gasteiger partial charge in [0.2, 0.25) is 0 Å². The number of rotatable bonds is 4. The summed E-state index contributed by atoms with van der Waals surface area (Å²) < 4.78 is 12.1. The monoisotopic (exact) mass is 535 g/mol. The standard InChI is InChI=1S/C31H34ClNO5/c1-18-16-25(27-22-6-5-7-23(22)30(35)38-26(27)17-18)37-19(2)29(34)33-15-14-31(36)13-4-3-8-24(31)28(33)20-9-11-21(32)12-10-20/h9-12,16-17,19,24,28,36H,3-8,13-15H2,1-2H3/t19-,24-,28+,31-/m1/s1. The summed E-state index contributed by atoms with van der Waals surface area (Å²) in [6, 6.07) is 11.2. The van der Waals surface area contributed by atoms with Crippen molar-refractivity contribution in [2.45, 2.75) is 83.0 Å². The molecular weight excluding hydrogens is 502 g/mol. The van der Waals surface area contributed by atoms with Crippen molar-refractivity contribution in [2.24, 2.45) is 5.92 Å². The lowest BCUT2D eigenvalue weighted by molar-refractivity contribution is -0.161. The quantitative estimate of drug-likeness (QED) is 0.420. The number of hydrogen-bond donors (Lipinski definition) is 1. The van der Waals surface area contributed by atoms with Gasteiger partial charge in [-0.3, -0.25) is 4.79 Å². The molecule has 0 unspecified atom stereocenters. The lowest BCUT2D eigenvalue weighted by Crippen LogP contribution is -2.58. The SMILES string of the molecule is Cc1cc(O[C@H](C)C(=O)N2CC[C@]3(O)CCCC[C@@H]3[C@@H]2c2ccc(Cl)cc2)c2c3c(c(=O)oc2c1)CCC3. The van der Waals surface area contributed by atoms with E-state index in [1.807, 2.05) is 48.2 Å². The molecule has 4 atom stereocenters. The third-order valence-electron chi connectivity index (χ3n) is 8.89. The van der Waals surface area contributed by atoms with E-state index in [-0.39, 0.29) is 23.5 Å². The molecule has 200 valence electrons. The highest BCUT2D eigenvalue weighted by molar-refractivity contribution is 6.30. The summed E-state index contributed by atoms with van der Waals surface area (Å²) in [6.45, 7) is 4.18. The number of halogens is 1. The minimum Gasteiger partial charge on any atom is -0.480 e. The molecule has 3 aromatic rings. The van der Waals surface area contributed by atoms with Crippen LogP contribution in [0.25, 0.3) is 11.0 Å². The van der Waals surface area contributed by atoms with Crippen LogP contribution in [0.4, 0.5) is 0 Å². The molecule has 1 N–H and O–H groups in total. The highest BCUT2D eigenvalue weighted by Gasteiger charge is 2.50. The van der Waals surface area contributed by atoms with Gasteiger partial charge in [-0.15, -0.1) is 0 Å². The molecule has 1 saturated carbocycles. The molecule has 2 aliphatic carbocycles. The van der Waals surface area contributed by atoms with Crippen molar-refractivity contribution < 1.29 is 19.1 Å². The topological polar surface area (TPSA) is 80.0 Å². The van der Waals surface area contributed by atoms with Crippen LogP contribution in [0.1, 0.15) is 73.7 Å². The van der Waals surface area contributed by atoms with Gasteiger partial charge in [0, 0.05) is 23.0 Å². The number of hydrogen-bond acceptors (Lipinski definition) is 5. The van der Waals surface area contributed by atoms with Crippen LogP contribution in [0.15, 0.2) is 45.6 Å². The van der Waals surface area contributed by atoms with E-state index in [9.17, 15) is 14.7 Å². The lowest BCUT2D eigenvalue weighted by atomic mass is 9.66. The van der Waals surface area contributed by atoms with Gasteiger partial charge in [0.25, 0.3) is 5.91 Å². The molecule has 0 spiro atoms. The van der Waals surface area contributed by atoms with Crippen LogP contribution in [0.5, 0.6) is 5.75 Å². The molecule has 0 bridgehead atoms. The molecule has 1 aromatic heterocycles.